The van der Waals surface area contributed by atoms with Gasteiger partial charge in [0, 0.05) is 6.20 Å². The summed E-state index contributed by atoms with van der Waals surface area (Å²) in [5.41, 5.74) is -0.215. The zero-order valence-corrected chi connectivity index (χ0v) is 14.1. The summed E-state index contributed by atoms with van der Waals surface area (Å²) in [5.74, 6) is -0.799. The highest BCUT2D eigenvalue weighted by molar-refractivity contribution is 6.48. The largest absolute Gasteiger partial charge is 0.467 e. The number of nitrogens with one attached hydrogen (secondary N) is 1. The van der Waals surface area contributed by atoms with Crippen LogP contribution in [-0.4, -0.2) is 23.5 Å². The van der Waals surface area contributed by atoms with Crippen LogP contribution in [0.3, 0.4) is 0 Å². The number of esters is 1. The predicted molar refractivity (Wildman–Crippen MR) is 84.8 cm³/mol. The van der Waals surface area contributed by atoms with Crippen LogP contribution < -0.4 is 5.32 Å². The number of hydrogen-bond donors (Lipinski definition) is 1. The maximum absolute atomic E-state index is 11.9. The molecule has 2 heterocycles. The number of ether oxygens (including phenoxy) is 1. The molecule has 0 aliphatic rings. The molecule has 1 N–H and O–H groups in total. The van der Waals surface area contributed by atoms with Crippen LogP contribution in [0.4, 0.5) is 0 Å². The topological polar surface area (TPSA) is 81.4 Å². The van der Waals surface area contributed by atoms with E-state index < -0.39 is 18.5 Å². The van der Waals surface area contributed by atoms with E-state index in [0.717, 1.165) is 0 Å². The van der Waals surface area contributed by atoms with Crippen LogP contribution in [-0.2, 0) is 9.53 Å². The van der Waals surface area contributed by atoms with Gasteiger partial charge in [0.15, 0.2) is 12.3 Å². The van der Waals surface area contributed by atoms with Crippen molar-refractivity contribution in [3.63, 3.8) is 0 Å². The first-order valence-electron chi connectivity index (χ1n) is 6.39. The Morgan fingerprint density at radius 2 is 2.09 bits per heavy atom. The van der Waals surface area contributed by atoms with Gasteiger partial charge in [0.05, 0.1) is 27.4 Å². The predicted octanol–water partition coefficient (Wildman–Crippen LogP) is 3.67. The zero-order valence-electron chi connectivity index (χ0n) is 11.8. The van der Waals surface area contributed by atoms with Crippen molar-refractivity contribution in [1.82, 2.24) is 10.3 Å². The maximum Gasteiger partial charge on any atom is 0.359 e. The van der Waals surface area contributed by atoms with Crippen molar-refractivity contribution in [2.75, 3.05) is 6.61 Å². The number of furan rings is 1. The van der Waals surface area contributed by atoms with Gasteiger partial charge in [-0.15, -0.1) is 0 Å². The highest BCUT2D eigenvalue weighted by Gasteiger charge is 2.20. The number of carbonyl (C=O) groups is 2. The molecular formula is C14H11Cl3N2O4. The molecule has 2 aromatic rings. The first kappa shape index (κ1) is 17.6. The van der Waals surface area contributed by atoms with Crippen molar-refractivity contribution >= 4 is 46.7 Å². The van der Waals surface area contributed by atoms with E-state index in [1.807, 2.05) is 0 Å². The molecule has 0 bridgehead atoms. The second kappa shape index (κ2) is 7.68. The Morgan fingerprint density at radius 1 is 1.35 bits per heavy atom. The summed E-state index contributed by atoms with van der Waals surface area (Å²) in [6.45, 7) is 1.23. The molecule has 9 heteroatoms. The van der Waals surface area contributed by atoms with Gasteiger partial charge in [0.2, 0.25) is 0 Å². The molecule has 122 valence electrons. The summed E-state index contributed by atoms with van der Waals surface area (Å²) in [4.78, 5) is 27.4. The molecule has 6 nitrogen and oxygen atoms in total. The minimum Gasteiger partial charge on any atom is -0.467 e. The SMILES string of the molecule is C[C@@H](NC(=O)COC(=O)c1ncc(Cl)c(Cl)c1Cl)c1ccco1. The van der Waals surface area contributed by atoms with Crippen molar-refractivity contribution in [2.24, 2.45) is 0 Å². The molecule has 2 aromatic heterocycles. The van der Waals surface area contributed by atoms with Crippen LogP contribution in [0.2, 0.25) is 15.1 Å². The minimum absolute atomic E-state index is 0.00817. The number of carbonyl (C=O) groups excluding carboxylic acids is 2. The van der Waals surface area contributed by atoms with E-state index in [-0.39, 0.29) is 26.8 Å². The van der Waals surface area contributed by atoms with Crippen molar-refractivity contribution in [2.45, 2.75) is 13.0 Å². The molecule has 1 atom stereocenters. The Balaban J connectivity index is 1.92. The van der Waals surface area contributed by atoms with Gasteiger partial charge in [-0.3, -0.25) is 4.79 Å². The standard InChI is InChI=1S/C14H11Cl3N2O4/c1-7(9-3-2-4-22-9)19-10(20)6-23-14(21)13-12(17)11(16)8(15)5-18-13/h2-5,7H,6H2,1H3,(H,19,20)/t7-/m1/s1. The molecule has 0 aliphatic heterocycles. The monoisotopic (exact) mass is 376 g/mol. The number of amides is 1. The van der Waals surface area contributed by atoms with Gasteiger partial charge >= 0.3 is 5.97 Å². The molecule has 0 unspecified atom stereocenters. The number of rotatable bonds is 5. The highest BCUT2D eigenvalue weighted by atomic mass is 35.5. The normalized spacial score (nSPS) is 11.8. The van der Waals surface area contributed by atoms with E-state index in [9.17, 15) is 9.59 Å². The molecule has 23 heavy (non-hydrogen) atoms. The number of nitrogens with zero attached hydrogens (tertiary/aromatic N) is 1. The van der Waals surface area contributed by atoms with Crippen LogP contribution in [0, 0.1) is 0 Å². The average Bonchev–Trinajstić information content (AvgIpc) is 3.05. The third-order valence-corrected chi connectivity index (χ3v) is 4.03. The van der Waals surface area contributed by atoms with E-state index in [1.165, 1.54) is 12.5 Å². The smallest absolute Gasteiger partial charge is 0.359 e. The Kier molecular flexibility index (Phi) is 5.87. The third kappa shape index (κ3) is 4.37. The van der Waals surface area contributed by atoms with Crippen LogP contribution in [0.25, 0.3) is 0 Å². The molecule has 0 aromatic carbocycles. The molecule has 2 rings (SSSR count). The van der Waals surface area contributed by atoms with Crippen LogP contribution in [0.1, 0.15) is 29.2 Å². The molecule has 0 saturated carbocycles. The molecule has 0 fully saturated rings. The van der Waals surface area contributed by atoms with Gasteiger partial charge in [-0.1, -0.05) is 34.8 Å². The molecule has 0 aliphatic carbocycles. The van der Waals surface area contributed by atoms with Gasteiger partial charge < -0.3 is 14.5 Å². The second-order valence-corrected chi connectivity index (χ2v) is 5.63. The van der Waals surface area contributed by atoms with Crippen molar-refractivity contribution in [3.05, 3.63) is 51.1 Å². The van der Waals surface area contributed by atoms with Gasteiger partial charge in [-0.2, -0.15) is 0 Å². The lowest BCUT2D eigenvalue weighted by Crippen LogP contribution is -2.31. The first-order valence-corrected chi connectivity index (χ1v) is 7.53. The number of halogens is 3. The average molecular weight is 378 g/mol. The van der Waals surface area contributed by atoms with E-state index in [1.54, 1.807) is 19.1 Å². The number of aromatic nitrogens is 1. The summed E-state index contributed by atoms with van der Waals surface area (Å²) in [5, 5.41) is 2.58. The number of hydrogen-bond acceptors (Lipinski definition) is 5. The van der Waals surface area contributed by atoms with Gasteiger partial charge in [-0.25, -0.2) is 9.78 Å². The lowest BCUT2D eigenvalue weighted by Gasteiger charge is -2.12. The van der Waals surface area contributed by atoms with Crippen molar-refractivity contribution in [1.29, 1.82) is 0 Å². The van der Waals surface area contributed by atoms with Crippen LogP contribution in [0.15, 0.2) is 29.0 Å². The van der Waals surface area contributed by atoms with Crippen molar-refractivity contribution < 1.29 is 18.7 Å². The lowest BCUT2D eigenvalue weighted by molar-refractivity contribution is -0.125. The Morgan fingerprint density at radius 3 is 2.74 bits per heavy atom. The zero-order chi connectivity index (χ0) is 17.0. The quantitative estimate of drug-likeness (QED) is 0.804. The molecule has 0 radical (unpaired) electrons. The molecule has 1 amide bonds. The maximum atomic E-state index is 11.9. The summed E-state index contributed by atoms with van der Waals surface area (Å²) in [7, 11) is 0. The van der Waals surface area contributed by atoms with E-state index in [0.29, 0.717) is 5.76 Å². The molecular weight excluding hydrogens is 367 g/mol. The fourth-order valence-corrected chi connectivity index (χ4v) is 2.23. The van der Waals surface area contributed by atoms with Crippen LogP contribution >= 0.6 is 34.8 Å². The van der Waals surface area contributed by atoms with E-state index >= 15 is 0 Å². The fraction of sp³-hybridized carbons (Fsp3) is 0.214. The minimum atomic E-state index is -0.880. The lowest BCUT2D eigenvalue weighted by atomic mass is 10.2. The van der Waals surface area contributed by atoms with Gasteiger partial charge in [-0.05, 0) is 19.1 Å². The van der Waals surface area contributed by atoms with Crippen LogP contribution in [0.5, 0.6) is 0 Å². The fourth-order valence-electron chi connectivity index (χ4n) is 1.68. The van der Waals surface area contributed by atoms with Gasteiger partial charge in [0.1, 0.15) is 5.76 Å². The third-order valence-electron chi connectivity index (χ3n) is 2.79. The van der Waals surface area contributed by atoms with E-state index in [2.05, 4.69) is 10.3 Å². The summed E-state index contributed by atoms with van der Waals surface area (Å²) in [6, 6.07) is 3.06. The van der Waals surface area contributed by atoms with Gasteiger partial charge in [0.25, 0.3) is 5.91 Å². The molecule has 0 saturated heterocycles. The summed E-state index contributed by atoms with van der Waals surface area (Å²) >= 11 is 17.4. The first-order chi connectivity index (χ1) is 10.9. The molecule has 0 spiro atoms. The highest BCUT2D eigenvalue weighted by Crippen LogP contribution is 2.31. The Bertz CT molecular complexity index is 719. The second-order valence-electron chi connectivity index (χ2n) is 4.46. The Labute approximate surface area is 146 Å². The summed E-state index contributed by atoms with van der Waals surface area (Å²) < 4.78 is 10.0. The Hall–Kier alpha value is -1.76. The van der Waals surface area contributed by atoms with Crippen molar-refractivity contribution in [3.8, 4) is 0 Å². The van der Waals surface area contributed by atoms with E-state index in [4.69, 9.17) is 44.0 Å². The number of pyridine rings is 1. The summed E-state index contributed by atoms with van der Waals surface area (Å²) in [6.07, 6.45) is 2.67.